The van der Waals surface area contributed by atoms with E-state index < -0.39 is 0 Å². The third kappa shape index (κ3) is 2.38. The van der Waals surface area contributed by atoms with Crippen molar-refractivity contribution in [2.24, 2.45) is 0 Å². The Kier molecular flexibility index (Phi) is 3.69. The van der Waals surface area contributed by atoms with Gasteiger partial charge in [0.15, 0.2) is 0 Å². The summed E-state index contributed by atoms with van der Waals surface area (Å²) in [7, 11) is 0. The zero-order valence-corrected chi connectivity index (χ0v) is 11.8. The fourth-order valence-electron chi connectivity index (χ4n) is 2.07. The van der Waals surface area contributed by atoms with E-state index in [1.165, 1.54) is 0 Å². The molecular formula is C13H19N5O. The normalized spacial score (nSPS) is 10.7. The van der Waals surface area contributed by atoms with Crippen LogP contribution < -0.4 is 5.32 Å². The molecule has 2 rings (SSSR count). The highest BCUT2D eigenvalue weighted by molar-refractivity contribution is 6.05. The van der Waals surface area contributed by atoms with E-state index in [9.17, 15) is 4.79 Å². The zero-order valence-electron chi connectivity index (χ0n) is 11.8. The molecule has 6 nitrogen and oxygen atoms in total. The number of amides is 1. The number of aryl methyl sites for hydroxylation is 2. The Morgan fingerprint density at radius 3 is 2.21 bits per heavy atom. The molecule has 0 atom stereocenters. The number of anilines is 1. The van der Waals surface area contributed by atoms with Crippen molar-refractivity contribution in [1.29, 1.82) is 0 Å². The van der Waals surface area contributed by atoms with E-state index in [0.717, 1.165) is 30.2 Å². The van der Waals surface area contributed by atoms with E-state index in [0.29, 0.717) is 5.56 Å². The summed E-state index contributed by atoms with van der Waals surface area (Å²) in [5.74, 6) is -0.143. The minimum Gasteiger partial charge on any atom is -0.319 e. The van der Waals surface area contributed by atoms with Crippen LogP contribution >= 0.6 is 0 Å². The Morgan fingerprint density at radius 2 is 1.68 bits per heavy atom. The largest absolute Gasteiger partial charge is 0.319 e. The number of carbonyl (C=O) groups is 1. The highest BCUT2D eigenvalue weighted by Gasteiger charge is 2.15. The van der Waals surface area contributed by atoms with Crippen LogP contribution in [0.5, 0.6) is 0 Å². The fourth-order valence-corrected chi connectivity index (χ4v) is 2.07. The molecule has 102 valence electrons. The number of nitrogens with zero attached hydrogens (tertiary/aromatic N) is 4. The summed E-state index contributed by atoms with van der Waals surface area (Å²) < 4.78 is 3.65. The van der Waals surface area contributed by atoms with Crippen LogP contribution in [-0.4, -0.2) is 25.5 Å². The monoisotopic (exact) mass is 261 g/mol. The molecule has 0 spiro atoms. The molecule has 2 aromatic heterocycles. The van der Waals surface area contributed by atoms with E-state index in [1.807, 2.05) is 32.4 Å². The van der Waals surface area contributed by atoms with Crippen LogP contribution in [0.2, 0.25) is 0 Å². The quantitative estimate of drug-likeness (QED) is 0.915. The predicted molar refractivity (Wildman–Crippen MR) is 73.2 cm³/mol. The van der Waals surface area contributed by atoms with Crippen molar-refractivity contribution in [2.45, 2.75) is 40.8 Å². The van der Waals surface area contributed by atoms with Gasteiger partial charge in [-0.3, -0.25) is 14.2 Å². The second-order valence-electron chi connectivity index (χ2n) is 4.37. The van der Waals surface area contributed by atoms with Gasteiger partial charge in [-0.2, -0.15) is 10.2 Å². The molecule has 0 saturated carbocycles. The second-order valence-corrected chi connectivity index (χ2v) is 4.37. The van der Waals surface area contributed by atoms with Gasteiger partial charge in [-0.1, -0.05) is 0 Å². The van der Waals surface area contributed by atoms with E-state index in [-0.39, 0.29) is 5.91 Å². The Morgan fingerprint density at radius 1 is 1.11 bits per heavy atom. The maximum Gasteiger partial charge on any atom is 0.259 e. The first-order valence-electron chi connectivity index (χ1n) is 6.44. The van der Waals surface area contributed by atoms with Crippen molar-refractivity contribution in [3.05, 3.63) is 29.3 Å². The van der Waals surface area contributed by atoms with Crippen molar-refractivity contribution in [1.82, 2.24) is 19.6 Å². The molecule has 2 aromatic rings. The summed E-state index contributed by atoms with van der Waals surface area (Å²) in [4.78, 5) is 12.2. The fraction of sp³-hybridized carbons (Fsp3) is 0.462. The van der Waals surface area contributed by atoms with Gasteiger partial charge in [0.1, 0.15) is 0 Å². The van der Waals surface area contributed by atoms with Crippen LogP contribution in [0.15, 0.2) is 12.4 Å². The molecule has 0 bridgehead atoms. The molecule has 0 fully saturated rings. The molecule has 0 aromatic carbocycles. The molecule has 0 aliphatic rings. The van der Waals surface area contributed by atoms with Crippen LogP contribution in [0.1, 0.15) is 35.6 Å². The number of nitrogens with one attached hydrogen (secondary N) is 1. The first-order valence-corrected chi connectivity index (χ1v) is 6.44. The number of rotatable bonds is 4. The predicted octanol–water partition coefficient (Wildman–Crippen LogP) is 1.99. The molecular weight excluding hydrogens is 242 g/mol. The maximum absolute atomic E-state index is 12.2. The first-order chi connectivity index (χ1) is 9.08. The van der Waals surface area contributed by atoms with Gasteiger partial charge in [0.25, 0.3) is 5.91 Å². The van der Waals surface area contributed by atoms with Crippen molar-refractivity contribution in [2.75, 3.05) is 5.32 Å². The third-order valence-electron chi connectivity index (χ3n) is 3.30. The highest BCUT2D eigenvalue weighted by Crippen LogP contribution is 2.16. The van der Waals surface area contributed by atoms with E-state index in [4.69, 9.17) is 0 Å². The third-order valence-corrected chi connectivity index (χ3v) is 3.30. The molecule has 19 heavy (non-hydrogen) atoms. The molecule has 1 N–H and O–H groups in total. The topological polar surface area (TPSA) is 64.7 Å². The molecule has 0 radical (unpaired) electrons. The number of carbonyl (C=O) groups excluding carboxylic acids is 1. The van der Waals surface area contributed by atoms with E-state index in [2.05, 4.69) is 15.5 Å². The summed E-state index contributed by atoms with van der Waals surface area (Å²) in [6, 6.07) is 0. The van der Waals surface area contributed by atoms with Crippen LogP contribution in [-0.2, 0) is 13.1 Å². The lowest BCUT2D eigenvalue weighted by molar-refractivity contribution is 0.102. The lowest BCUT2D eigenvalue weighted by atomic mass is 10.2. The Balaban J connectivity index is 2.20. The van der Waals surface area contributed by atoms with Gasteiger partial charge in [0, 0.05) is 18.8 Å². The minimum absolute atomic E-state index is 0.143. The minimum atomic E-state index is -0.143. The lowest BCUT2D eigenvalue weighted by Crippen LogP contribution is -2.14. The Hall–Kier alpha value is -2.11. The van der Waals surface area contributed by atoms with Crippen molar-refractivity contribution < 1.29 is 4.79 Å². The first kappa shape index (κ1) is 13.3. The van der Waals surface area contributed by atoms with Crippen LogP contribution in [0.25, 0.3) is 0 Å². The van der Waals surface area contributed by atoms with Crippen molar-refractivity contribution >= 4 is 11.6 Å². The molecule has 2 heterocycles. The van der Waals surface area contributed by atoms with Gasteiger partial charge < -0.3 is 5.32 Å². The summed E-state index contributed by atoms with van der Waals surface area (Å²) >= 11 is 0. The SMILES string of the molecule is CCn1ncc(NC(=O)c2cnn(CC)c2C)c1C. The zero-order chi connectivity index (χ0) is 14.0. The maximum atomic E-state index is 12.2. The standard InChI is InChI=1S/C13H19N5O/c1-5-17-9(3)11(7-14-17)13(19)16-12-8-15-18(6-2)10(12)4/h7-8H,5-6H2,1-4H3,(H,16,19). The van der Waals surface area contributed by atoms with E-state index in [1.54, 1.807) is 17.1 Å². The number of hydrogen-bond acceptors (Lipinski definition) is 3. The average Bonchev–Trinajstić information content (AvgIpc) is 2.93. The van der Waals surface area contributed by atoms with Crippen LogP contribution in [0.3, 0.4) is 0 Å². The number of hydrogen-bond donors (Lipinski definition) is 1. The van der Waals surface area contributed by atoms with Gasteiger partial charge in [0.2, 0.25) is 0 Å². The van der Waals surface area contributed by atoms with Gasteiger partial charge in [-0.15, -0.1) is 0 Å². The summed E-state index contributed by atoms with van der Waals surface area (Å²) in [6.45, 7) is 9.39. The lowest BCUT2D eigenvalue weighted by Gasteiger charge is -2.05. The molecule has 1 amide bonds. The Labute approximate surface area is 112 Å². The van der Waals surface area contributed by atoms with Gasteiger partial charge >= 0.3 is 0 Å². The molecule has 0 unspecified atom stereocenters. The summed E-state index contributed by atoms with van der Waals surface area (Å²) in [6.07, 6.45) is 3.28. The summed E-state index contributed by atoms with van der Waals surface area (Å²) in [5, 5.41) is 11.3. The second kappa shape index (κ2) is 5.26. The number of aromatic nitrogens is 4. The summed E-state index contributed by atoms with van der Waals surface area (Å²) in [5.41, 5.74) is 3.18. The van der Waals surface area contributed by atoms with Crippen LogP contribution in [0.4, 0.5) is 5.69 Å². The average molecular weight is 261 g/mol. The smallest absolute Gasteiger partial charge is 0.259 e. The molecule has 0 aliphatic carbocycles. The molecule has 0 saturated heterocycles. The van der Waals surface area contributed by atoms with E-state index >= 15 is 0 Å². The van der Waals surface area contributed by atoms with Gasteiger partial charge in [-0.05, 0) is 27.7 Å². The van der Waals surface area contributed by atoms with Gasteiger partial charge in [-0.25, -0.2) is 0 Å². The molecule has 0 aliphatic heterocycles. The van der Waals surface area contributed by atoms with Crippen LogP contribution in [0, 0.1) is 13.8 Å². The molecule has 6 heteroatoms. The highest BCUT2D eigenvalue weighted by atomic mass is 16.1. The van der Waals surface area contributed by atoms with Gasteiger partial charge in [0.05, 0.1) is 29.3 Å². The van der Waals surface area contributed by atoms with Crippen molar-refractivity contribution in [3.8, 4) is 0 Å². The Bertz CT molecular complexity index is 596. The van der Waals surface area contributed by atoms with Crippen molar-refractivity contribution in [3.63, 3.8) is 0 Å².